The highest BCUT2D eigenvalue weighted by Crippen LogP contribution is 2.24. The van der Waals surface area contributed by atoms with Gasteiger partial charge in [-0.25, -0.2) is 14.4 Å². The number of pyridine rings is 1. The van der Waals surface area contributed by atoms with Crippen molar-refractivity contribution in [2.24, 2.45) is 0 Å². The van der Waals surface area contributed by atoms with Gasteiger partial charge in [-0.05, 0) is 46.5 Å². The van der Waals surface area contributed by atoms with E-state index in [1.165, 1.54) is 0 Å². The van der Waals surface area contributed by atoms with Gasteiger partial charge in [0.15, 0.2) is 0 Å². The number of nitrogens with zero attached hydrogens (tertiary/aromatic N) is 1. The standard InChI is InChI=1S/C29H26N4O5/c34-27(35)26(33-29(37)38-19-21-5-2-1-3-6-21)17-20-9-11-22(12-10-20)23-7-4-8-25(18-23)32-28(36)31-24-13-15-30-16-14-24/h1-16,18,26H,17,19H2,(H,33,37)(H,34,35)(H2,30,31,32,36)/t26-/m0/s1. The molecular formula is C29H26N4O5. The molecule has 4 N–H and O–H groups in total. The van der Waals surface area contributed by atoms with E-state index >= 15 is 0 Å². The van der Waals surface area contributed by atoms with Crippen LogP contribution in [-0.4, -0.2) is 34.2 Å². The van der Waals surface area contributed by atoms with Gasteiger partial charge in [0.2, 0.25) is 0 Å². The molecule has 4 aromatic rings. The minimum atomic E-state index is -1.16. The Morgan fingerprint density at radius 2 is 1.47 bits per heavy atom. The zero-order chi connectivity index (χ0) is 26.7. The first-order valence-corrected chi connectivity index (χ1v) is 11.8. The van der Waals surface area contributed by atoms with Crippen LogP contribution in [0.15, 0.2) is 103 Å². The second kappa shape index (κ2) is 12.7. The molecule has 1 aromatic heterocycles. The van der Waals surface area contributed by atoms with Crippen LogP contribution >= 0.6 is 0 Å². The lowest BCUT2D eigenvalue weighted by Gasteiger charge is -2.15. The summed E-state index contributed by atoms with van der Waals surface area (Å²) in [6, 6.07) is 25.7. The molecule has 0 spiro atoms. The van der Waals surface area contributed by atoms with E-state index in [4.69, 9.17) is 4.74 Å². The van der Waals surface area contributed by atoms with Crippen molar-refractivity contribution in [3.05, 3.63) is 115 Å². The molecule has 0 aliphatic carbocycles. The van der Waals surface area contributed by atoms with E-state index in [0.717, 1.165) is 22.3 Å². The third kappa shape index (κ3) is 7.66. The van der Waals surface area contributed by atoms with Crippen LogP contribution in [0.5, 0.6) is 0 Å². The highest BCUT2D eigenvalue weighted by Gasteiger charge is 2.21. The number of benzene rings is 3. The molecule has 0 bridgehead atoms. The summed E-state index contributed by atoms with van der Waals surface area (Å²) in [6.07, 6.45) is 2.47. The Bertz CT molecular complexity index is 1380. The van der Waals surface area contributed by atoms with Crippen LogP contribution in [0.4, 0.5) is 21.0 Å². The lowest BCUT2D eigenvalue weighted by molar-refractivity contribution is -0.139. The molecule has 192 valence electrons. The number of carboxylic acids is 1. The quantitative estimate of drug-likeness (QED) is 0.241. The number of ether oxygens (including phenoxy) is 1. The third-order valence-electron chi connectivity index (χ3n) is 5.59. The molecule has 0 fully saturated rings. The average Bonchev–Trinajstić information content (AvgIpc) is 2.93. The topological polar surface area (TPSA) is 130 Å². The first kappa shape index (κ1) is 25.9. The number of urea groups is 1. The molecule has 3 amide bonds. The van der Waals surface area contributed by atoms with Crippen LogP contribution in [0.1, 0.15) is 11.1 Å². The molecule has 4 rings (SSSR count). The molecule has 3 aromatic carbocycles. The highest BCUT2D eigenvalue weighted by atomic mass is 16.5. The predicted molar refractivity (Wildman–Crippen MR) is 144 cm³/mol. The zero-order valence-electron chi connectivity index (χ0n) is 20.3. The van der Waals surface area contributed by atoms with Crippen molar-refractivity contribution in [2.75, 3.05) is 10.6 Å². The number of aliphatic carboxylic acids is 1. The smallest absolute Gasteiger partial charge is 0.408 e. The molecule has 9 nitrogen and oxygen atoms in total. The largest absolute Gasteiger partial charge is 0.480 e. The van der Waals surface area contributed by atoms with E-state index in [2.05, 4.69) is 20.9 Å². The Morgan fingerprint density at radius 3 is 2.18 bits per heavy atom. The number of nitrogens with one attached hydrogen (secondary N) is 3. The number of carbonyl (C=O) groups excluding carboxylic acids is 2. The average molecular weight is 511 g/mol. The number of rotatable bonds is 9. The summed E-state index contributed by atoms with van der Waals surface area (Å²) in [5.41, 5.74) is 4.53. The summed E-state index contributed by atoms with van der Waals surface area (Å²) >= 11 is 0. The number of amides is 3. The van der Waals surface area contributed by atoms with Crippen LogP contribution in [-0.2, 0) is 22.6 Å². The van der Waals surface area contributed by atoms with E-state index in [1.807, 2.05) is 60.7 Å². The molecule has 0 aliphatic heterocycles. The number of alkyl carbamates (subject to hydrolysis) is 1. The molecule has 0 unspecified atom stereocenters. The van der Waals surface area contributed by atoms with Crippen molar-refractivity contribution in [3.8, 4) is 11.1 Å². The maximum absolute atomic E-state index is 12.3. The number of carbonyl (C=O) groups is 3. The first-order valence-electron chi connectivity index (χ1n) is 11.8. The lowest BCUT2D eigenvalue weighted by Crippen LogP contribution is -2.42. The first-order chi connectivity index (χ1) is 18.5. The fourth-order valence-corrected chi connectivity index (χ4v) is 3.68. The second-order valence-electron chi connectivity index (χ2n) is 8.39. The maximum atomic E-state index is 12.3. The van der Waals surface area contributed by atoms with Gasteiger partial charge in [-0.3, -0.25) is 4.98 Å². The predicted octanol–water partition coefficient (Wildman–Crippen LogP) is 5.31. The van der Waals surface area contributed by atoms with E-state index < -0.39 is 18.1 Å². The van der Waals surface area contributed by atoms with Gasteiger partial charge >= 0.3 is 18.1 Å². The Morgan fingerprint density at radius 1 is 0.763 bits per heavy atom. The molecule has 1 heterocycles. The van der Waals surface area contributed by atoms with Crippen molar-refractivity contribution in [3.63, 3.8) is 0 Å². The maximum Gasteiger partial charge on any atom is 0.408 e. The molecule has 38 heavy (non-hydrogen) atoms. The minimum absolute atomic E-state index is 0.0486. The summed E-state index contributed by atoms with van der Waals surface area (Å²) in [4.78, 5) is 40.1. The fraction of sp³-hybridized carbons (Fsp3) is 0.103. The van der Waals surface area contributed by atoms with Crippen molar-refractivity contribution < 1.29 is 24.2 Å². The Balaban J connectivity index is 1.34. The van der Waals surface area contributed by atoms with Crippen LogP contribution in [0.3, 0.4) is 0 Å². The number of hydrogen-bond donors (Lipinski definition) is 4. The SMILES string of the molecule is O=C(Nc1ccncc1)Nc1cccc(-c2ccc(C[C@H](NC(=O)OCc3ccccc3)C(=O)O)cc2)c1. The van der Waals surface area contributed by atoms with E-state index in [-0.39, 0.29) is 19.1 Å². The van der Waals surface area contributed by atoms with Crippen LogP contribution < -0.4 is 16.0 Å². The normalized spacial score (nSPS) is 11.2. The number of anilines is 2. The van der Waals surface area contributed by atoms with Crippen molar-refractivity contribution >= 4 is 29.5 Å². The summed E-state index contributed by atoms with van der Waals surface area (Å²) in [5, 5.41) is 17.5. The second-order valence-corrected chi connectivity index (χ2v) is 8.39. The molecular weight excluding hydrogens is 484 g/mol. The van der Waals surface area contributed by atoms with Gasteiger partial charge in [0.1, 0.15) is 12.6 Å². The van der Waals surface area contributed by atoms with Crippen molar-refractivity contribution in [2.45, 2.75) is 19.1 Å². The molecule has 0 radical (unpaired) electrons. The molecule has 0 aliphatic rings. The minimum Gasteiger partial charge on any atom is -0.480 e. The Hall–Kier alpha value is -5.18. The summed E-state index contributed by atoms with van der Waals surface area (Å²) < 4.78 is 5.14. The van der Waals surface area contributed by atoms with Crippen LogP contribution in [0.25, 0.3) is 11.1 Å². The van der Waals surface area contributed by atoms with Gasteiger partial charge in [0.05, 0.1) is 0 Å². The molecule has 9 heteroatoms. The lowest BCUT2D eigenvalue weighted by atomic mass is 10.0. The fourth-order valence-electron chi connectivity index (χ4n) is 3.68. The number of carboxylic acid groups (broad SMARTS) is 1. The van der Waals surface area contributed by atoms with E-state index in [9.17, 15) is 19.5 Å². The van der Waals surface area contributed by atoms with Gasteiger partial charge in [0.25, 0.3) is 0 Å². The number of hydrogen-bond acceptors (Lipinski definition) is 5. The van der Waals surface area contributed by atoms with Crippen molar-refractivity contribution in [1.29, 1.82) is 0 Å². The summed E-state index contributed by atoms with van der Waals surface area (Å²) in [5.74, 6) is -1.16. The van der Waals surface area contributed by atoms with Gasteiger partial charge < -0.3 is 25.8 Å². The Kier molecular flexibility index (Phi) is 8.64. The van der Waals surface area contributed by atoms with Crippen LogP contribution in [0.2, 0.25) is 0 Å². The van der Waals surface area contributed by atoms with Crippen LogP contribution in [0, 0.1) is 0 Å². The molecule has 1 atom stereocenters. The third-order valence-corrected chi connectivity index (χ3v) is 5.59. The van der Waals surface area contributed by atoms with E-state index in [1.54, 1.807) is 42.7 Å². The van der Waals surface area contributed by atoms with E-state index in [0.29, 0.717) is 11.4 Å². The van der Waals surface area contributed by atoms with Gasteiger partial charge in [-0.15, -0.1) is 0 Å². The van der Waals surface area contributed by atoms with Gasteiger partial charge in [0, 0.05) is 30.2 Å². The zero-order valence-corrected chi connectivity index (χ0v) is 20.3. The summed E-state index contributed by atoms with van der Waals surface area (Å²) in [7, 11) is 0. The van der Waals surface area contributed by atoms with Crippen molar-refractivity contribution in [1.82, 2.24) is 10.3 Å². The summed E-state index contributed by atoms with van der Waals surface area (Å²) in [6.45, 7) is 0.0486. The Labute approximate surface area is 219 Å². The van der Waals surface area contributed by atoms with Gasteiger partial charge in [-0.2, -0.15) is 0 Å². The molecule has 0 saturated carbocycles. The monoisotopic (exact) mass is 510 g/mol. The van der Waals surface area contributed by atoms with Gasteiger partial charge in [-0.1, -0.05) is 66.7 Å². The highest BCUT2D eigenvalue weighted by molar-refractivity contribution is 6.00. The number of aromatic nitrogens is 1. The molecule has 0 saturated heterocycles.